The summed E-state index contributed by atoms with van der Waals surface area (Å²) in [5, 5.41) is 5.64. The Balaban J connectivity index is 2.41. The highest BCUT2D eigenvalue weighted by Gasteiger charge is 2.02. The fraction of sp³-hybridized carbons (Fsp3) is 0.533. The van der Waals surface area contributed by atoms with Gasteiger partial charge in [0.05, 0.1) is 0 Å². The topological polar surface area (TPSA) is 41.1 Å². The van der Waals surface area contributed by atoms with Crippen molar-refractivity contribution in [2.45, 2.75) is 46.7 Å². The first kappa shape index (κ1) is 14.6. The summed E-state index contributed by atoms with van der Waals surface area (Å²) in [4.78, 5) is 11.4. The van der Waals surface area contributed by atoms with Crippen molar-refractivity contribution in [1.82, 2.24) is 10.6 Å². The van der Waals surface area contributed by atoms with E-state index in [9.17, 15) is 4.79 Å². The van der Waals surface area contributed by atoms with E-state index >= 15 is 0 Å². The molecular formula is C15H24N2O. The van der Waals surface area contributed by atoms with Crippen LogP contribution < -0.4 is 10.6 Å². The van der Waals surface area contributed by atoms with Gasteiger partial charge in [-0.2, -0.15) is 0 Å². The summed E-state index contributed by atoms with van der Waals surface area (Å²) in [7, 11) is 0. The molecule has 1 aromatic rings. The number of rotatable bonds is 5. The summed E-state index contributed by atoms with van der Waals surface area (Å²) >= 11 is 0. The molecule has 0 unspecified atom stereocenters. The van der Waals surface area contributed by atoms with Crippen molar-refractivity contribution in [2.24, 2.45) is 5.92 Å². The molecule has 0 aliphatic carbocycles. The monoisotopic (exact) mass is 248 g/mol. The van der Waals surface area contributed by atoms with Crippen LogP contribution in [-0.2, 0) is 13.0 Å². The highest BCUT2D eigenvalue weighted by Crippen LogP contribution is 2.09. The summed E-state index contributed by atoms with van der Waals surface area (Å²) < 4.78 is 0. The summed E-state index contributed by atoms with van der Waals surface area (Å²) in [6.45, 7) is 8.89. The van der Waals surface area contributed by atoms with Crippen LogP contribution in [0, 0.1) is 5.92 Å². The molecule has 18 heavy (non-hydrogen) atoms. The first-order valence-corrected chi connectivity index (χ1v) is 6.59. The van der Waals surface area contributed by atoms with Gasteiger partial charge in [-0.15, -0.1) is 0 Å². The molecule has 0 aliphatic heterocycles. The van der Waals surface area contributed by atoms with Crippen LogP contribution in [0.15, 0.2) is 24.3 Å². The van der Waals surface area contributed by atoms with E-state index in [1.165, 1.54) is 5.56 Å². The number of nitrogens with one attached hydrogen (secondary N) is 2. The number of amides is 2. The minimum Gasteiger partial charge on any atom is -0.336 e. The van der Waals surface area contributed by atoms with Crippen molar-refractivity contribution in [3.8, 4) is 0 Å². The van der Waals surface area contributed by atoms with Crippen LogP contribution in [0.3, 0.4) is 0 Å². The third kappa shape index (κ3) is 5.71. The lowest BCUT2D eigenvalue weighted by Crippen LogP contribution is -2.39. The van der Waals surface area contributed by atoms with Crippen molar-refractivity contribution in [2.75, 3.05) is 0 Å². The normalized spacial score (nSPS) is 10.8. The lowest BCUT2D eigenvalue weighted by Gasteiger charge is -2.10. The Labute approximate surface area is 110 Å². The molecule has 0 aromatic heterocycles. The van der Waals surface area contributed by atoms with E-state index in [1.54, 1.807) is 0 Å². The molecule has 100 valence electrons. The highest BCUT2D eigenvalue weighted by molar-refractivity contribution is 5.74. The van der Waals surface area contributed by atoms with Crippen molar-refractivity contribution < 1.29 is 4.79 Å². The Morgan fingerprint density at radius 1 is 1.06 bits per heavy atom. The van der Waals surface area contributed by atoms with E-state index in [0.717, 1.165) is 12.0 Å². The standard InChI is InChI=1S/C15H24N2O/c1-11(2)9-13-5-7-14(8-6-13)10-16-15(18)17-12(3)4/h5-8,11-12H,9-10H2,1-4H3,(H2,16,17,18). The SMILES string of the molecule is CC(C)Cc1ccc(CNC(=O)NC(C)C)cc1. The van der Waals surface area contributed by atoms with Gasteiger partial charge in [-0.25, -0.2) is 4.79 Å². The first-order valence-electron chi connectivity index (χ1n) is 6.59. The fourth-order valence-corrected chi connectivity index (χ4v) is 1.76. The second kappa shape index (κ2) is 7.04. The number of hydrogen-bond donors (Lipinski definition) is 2. The number of benzene rings is 1. The number of carbonyl (C=O) groups is 1. The van der Waals surface area contributed by atoms with Gasteiger partial charge in [-0.1, -0.05) is 38.1 Å². The molecule has 0 fully saturated rings. The van der Waals surface area contributed by atoms with Crippen molar-refractivity contribution in [1.29, 1.82) is 0 Å². The summed E-state index contributed by atoms with van der Waals surface area (Å²) in [5.41, 5.74) is 2.47. The summed E-state index contributed by atoms with van der Waals surface area (Å²) in [5.74, 6) is 0.672. The smallest absolute Gasteiger partial charge is 0.315 e. The molecule has 0 heterocycles. The van der Waals surface area contributed by atoms with Crippen LogP contribution in [0.25, 0.3) is 0 Å². The third-order valence-electron chi connectivity index (χ3n) is 2.54. The molecular weight excluding hydrogens is 224 g/mol. The van der Waals surface area contributed by atoms with Crippen molar-refractivity contribution in [3.63, 3.8) is 0 Å². The first-order chi connectivity index (χ1) is 8.47. The van der Waals surface area contributed by atoms with E-state index in [1.807, 2.05) is 13.8 Å². The maximum Gasteiger partial charge on any atom is 0.315 e. The van der Waals surface area contributed by atoms with E-state index in [4.69, 9.17) is 0 Å². The molecule has 0 aliphatic rings. The molecule has 0 bridgehead atoms. The van der Waals surface area contributed by atoms with Gasteiger partial charge >= 0.3 is 6.03 Å². The third-order valence-corrected chi connectivity index (χ3v) is 2.54. The predicted molar refractivity (Wildman–Crippen MR) is 75.5 cm³/mol. The van der Waals surface area contributed by atoms with Gasteiger partial charge in [0.1, 0.15) is 0 Å². The van der Waals surface area contributed by atoms with Gasteiger partial charge < -0.3 is 10.6 Å². The lowest BCUT2D eigenvalue weighted by molar-refractivity contribution is 0.238. The Morgan fingerprint density at radius 3 is 2.11 bits per heavy atom. The van der Waals surface area contributed by atoms with Crippen LogP contribution in [0.4, 0.5) is 4.79 Å². The molecule has 2 N–H and O–H groups in total. The van der Waals surface area contributed by atoms with Gasteiger partial charge in [-0.05, 0) is 37.3 Å². The average Bonchev–Trinajstić information content (AvgIpc) is 2.26. The second-order valence-electron chi connectivity index (χ2n) is 5.40. The summed E-state index contributed by atoms with van der Waals surface area (Å²) in [6.07, 6.45) is 1.10. The summed E-state index contributed by atoms with van der Waals surface area (Å²) in [6, 6.07) is 8.48. The van der Waals surface area contributed by atoms with Crippen LogP contribution in [0.5, 0.6) is 0 Å². The van der Waals surface area contributed by atoms with Gasteiger partial charge in [-0.3, -0.25) is 0 Å². The van der Waals surface area contributed by atoms with E-state index in [0.29, 0.717) is 12.5 Å². The highest BCUT2D eigenvalue weighted by atomic mass is 16.2. The Bertz CT molecular complexity index is 369. The predicted octanol–water partition coefficient (Wildman–Crippen LogP) is 3.09. The Morgan fingerprint density at radius 2 is 1.61 bits per heavy atom. The zero-order valence-electron chi connectivity index (χ0n) is 11.8. The second-order valence-corrected chi connectivity index (χ2v) is 5.40. The molecule has 3 nitrogen and oxygen atoms in total. The number of hydrogen-bond acceptors (Lipinski definition) is 1. The van der Waals surface area contributed by atoms with Gasteiger partial charge in [0.15, 0.2) is 0 Å². The number of carbonyl (C=O) groups excluding carboxylic acids is 1. The fourth-order valence-electron chi connectivity index (χ4n) is 1.76. The van der Waals surface area contributed by atoms with Crippen LogP contribution in [0.1, 0.15) is 38.8 Å². The minimum atomic E-state index is -0.115. The largest absolute Gasteiger partial charge is 0.336 e. The maximum absolute atomic E-state index is 11.4. The van der Waals surface area contributed by atoms with Crippen molar-refractivity contribution in [3.05, 3.63) is 35.4 Å². The van der Waals surface area contributed by atoms with E-state index in [-0.39, 0.29) is 12.1 Å². The average molecular weight is 248 g/mol. The zero-order chi connectivity index (χ0) is 13.5. The van der Waals surface area contributed by atoms with Crippen LogP contribution >= 0.6 is 0 Å². The number of urea groups is 1. The Hall–Kier alpha value is -1.51. The zero-order valence-corrected chi connectivity index (χ0v) is 11.8. The van der Waals surface area contributed by atoms with E-state index in [2.05, 4.69) is 48.7 Å². The molecule has 0 spiro atoms. The van der Waals surface area contributed by atoms with Gasteiger partial charge in [0, 0.05) is 12.6 Å². The molecule has 2 amide bonds. The van der Waals surface area contributed by atoms with Crippen molar-refractivity contribution >= 4 is 6.03 Å². The minimum absolute atomic E-state index is 0.115. The van der Waals surface area contributed by atoms with Gasteiger partial charge in [0.2, 0.25) is 0 Å². The molecule has 0 saturated carbocycles. The van der Waals surface area contributed by atoms with Crippen LogP contribution in [0.2, 0.25) is 0 Å². The molecule has 0 atom stereocenters. The molecule has 0 saturated heterocycles. The Kier molecular flexibility index (Phi) is 5.69. The quantitative estimate of drug-likeness (QED) is 0.826. The van der Waals surface area contributed by atoms with Crippen LogP contribution in [-0.4, -0.2) is 12.1 Å². The lowest BCUT2D eigenvalue weighted by atomic mass is 10.0. The molecule has 3 heteroatoms. The molecule has 1 rings (SSSR count). The van der Waals surface area contributed by atoms with Gasteiger partial charge in [0.25, 0.3) is 0 Å². The maximum atomic E-state index is 11.4. The van der Waals surface area contributed by atoms with E-state index < -0.39 is 0 Å². The molecule has 1 aromatic carbocycles. The molecule has 0 radical (unpaired) electrons.